The SMILES string of the molecule is CCC(C)CCCCCCCCCCC(=O)O[C@H](COC(=O)CCCCCCCCC(C)C)COP(=O)(O)OC[C@H](O)COP(=O)(O)OC[C@@H](COC(=O)CCCCCCCCCCCCCC(C)C)OC(=O)CCCCCCCCC(C)C. The molecule has 0 heterocycles. The third kappa shape index (κ3) is 57.8. The number of unbranched alkanes of at least 4 members (excludes halogenated alkanes) is 27. The van der Waals surface area contributed by atoms with E-state index in [1.165, 1.54) is 109 Å². The van der Waals surface area contributed by atoms with Crippen molar-refractivity contribution >= 4 is 39.5 Å². The molecule has 0 aromatic heterocycles. The lowest BCUT2D eigenvalue weighted by atomic mass is 9.99. The minimum Gasteiger partial charge on any atom is -0.462 e. The summed E-state index contributed by atoms with van der Waals surface area (Å²) in [6.45, 7) is 13.9. The molecule has 0 bridgehead atoms. The summed E-state index contributed by atoms with van der Waals surface area (Å²) in [6, 6.07) is 0. The Kier molecular flexibility index (Phi) is 53.9. The minimum atomic E-state index is -4.95. The van der Waals surface area contributed by atoms with Gasteiger partial charge in [0.2, 0.25) is 0 Å². The van der Waals surface area contributed by atoms with Crippen LogP contribution in [0, 0.1) is 23.7 Å². The number of rotatable bonds is 62. The highest BCUT2D eigenvalue weighted by molar-refractivity contribution is 7.47. The molecule has 0 radical (unpaired) electrons. The van der Waals surface area contributed by atoms with E-state index >= 15 is 0 Å². The standard InChI is InChI=1S/C65H126O17P2/c1-9-58(8)44-36-28-18-15-16-20-31-39-47-64(69)81-60(52-76-63(68)46-38-30-23-21-26-34-42-56(4)5)53-79-83(71,72)77-49-59(66)50-78-84(73,74)80-54-61(82-65(70)48-40-32-24-22-27-35-43-57(6)7)51-75-62(67)45-37-29-19-14-12-10-11-13-17-25-33-41-55(2)3/h55-61,66H,9-54H2,1-8H3,(H,71,72)(H,73,74)/t58?,59-,60+,61+/m0/s1. The number of aliphatic hydroxyl groups excluding tert-OH is 1. The second-order valence-electron chi connectivity index (χ2n) is 25.2. The van der Waals surface area contributed by atoms with E-state index in [0.29, 0.717) is 37.5 Å². The summed E-state index contributed by atoms with van der Waals surface area (Å²) in [6.07, 6.45) is 35.1. The first kappa shape index (κ1) is 82.1. The summed E-state index contributed by atoms with van der Waals surface area (Å²) >= 11 is 0. The number of ether oxygens (including phenoxy) is 4. The first-order valence-corrected chi connectivity index (χ1v) is 36.7. The van der Waals surface area contributed by atoms with Crippen LogP contribution >= 0.6 is 15.6 Å². The highest BCUT2D eigenvalue weighted by Gasteiger charge is 2.30. The van der Waals surface area contributed by atoms with Gasteiger partial charge in [-0.05, 0) is 49.4 Å². The number of carbonyl (C=O) groups excluding carboxylic acids is 4. The molecule has 84 heavy (non-hydrogen) atoms. The summed E-state index contributed by atoms with van der Waals surface area (Å²) < 4.78 is 68.0. The van der Waals surface area contributed by atoms with E-state index in [0.717, 1.165) is 108 Å². The third-order valence-corrected chi connectivity index (χ3v) is 17.1. The number of phosphoric acid groups is 2. The quantitative estimate of drug-likeness (QED) is 0.0222. The number of aliphatic hydroxyl groups is 1. The molecule has 19 heteroatoms. The molecule has 0 aromatic carbocycles. The second-order valence-corrected chi connectivity index (χ2v) is 28.1. The molecule has 0 saturated carbocycles. The van der Waals surface area contributed by atoms with Crippen LogP contribution in [0.2, 0.25) is 0 Å². The Hall–Kier alpha value is -1.94. The van der Waals surface area contributed by atoms with Crippen LogP contribution < -0.4 is 0 Å². The fraction of sp³-hybridized carbons (Fsp3) is 0.938. The van der Waals surface area contributed by atoms with E-state index in [-0.39, 0.29) is 25.7 Å². The van der Waals surface area contributed by atoms with E-state index in [2.05, 4.69) is 55.4 Å². The monoisotopic (exact) mass is 1240 g/mol. The van der Waals surface area contributed by atoms with E-state index in [9.17, 15) is 43.2 Å². The van der Waals surface area contributed by atoms with Crippen LogP contribution in [0.25, 0.3) is 0 Å². The van der Waals surface area contributed by atoms with E-state index < -0.39 is 97.5 Å². The fourth-order valence-electron chi connectivity index (χ4n) is 9.57. The number of carbonyl (C=O) groups is 4. The summed E-state index contributed by atoms with van der Waals surface area (Å²) in [5, 5.41) is 10.5. The number of esters is 4. The van der Waals surface area contributed by atoms with Crippen molar-refractivity contribution in [1.29, 1.82) is 0 Å². The van der Waals surface area contributed by atoms with Crippen LogP contribution in [-0.4, -0.2) is 96.7 Å². The number of hydrogen-bond acceptors (Lipinski definition) is 15. The van der Waals surface area contributed by atoms with Crippen LogP contribution in [0.3, 0.4) is 0 Å². The molecule has 0 aliphatic heterocycles. The van der Waals surface area contributed by atoms with Gasteiger partial charge in [0.05, 0.1) is 26.4 Å². The predicted molar refractivity (Wildman–Crippen MR) is 335 cm³/mol. The maximum absolute atomic E-state index is 13.0. The minimum absolute atomic E-state index is 0.101. The molecule has 17 nitrogen and oxygen atoms in total. The third-order valence-electron chi connectivity index (χ3n) is 15.2. The molecule has 0 rings (SSSR count). The van der Waals surface area contributed by atoms with Crippen LogP contribution in [-0.2, 0) is 65.4 Å². The molecule has 0 amide bonds. The molecular weight excluding hydrogens is 1110 g/mol. The molecule has 0 aliphatic rings. The number of hydrogen-bond donors (Lipinski definition) is 3. The zero-order chi connectivity index (χ0) is 62.5. The van der Waals surface area contributed by atoms with Gasteiger partial charge in [-0.2, -0.15) is 0 Å². The van der Waals surface area contributed by atoms with E-state index in [4.69, 9.17) is 37.0 Å². The lowest BCUT2D eigenvalue weighted by Crippen LogP contribution is -2.30. The van der Waals surface area contributed by atoms with Gasteiger partial charge in [-0.15, -0.1) is 0 Å². The van der Waals surface area contributed by atoms with E-state index in [1.54, 1.807) is 0 Å². The lowest BCUT2D eigenvalue weighted by molar-refractivity contribution is -0.161. The van der Waals surface area contributed by atoms with Gasteiger partial charge in [0.1, 0.15) is 19.3 Å². The molecule has 0 spiro atoms. The predicted octanol–water partition coefficient (Wildman–Crippen LogP) is 17.8. The van der Waals surface area contributed by atoms with Gasteiger partial charge in [-0.25, -0.2) is 9.13 Å². The Morgan fingerprint density at radius 1 is 0.333 bits per heavy atom. The molecule has 0 fully saturated rings. The largest absolute Gasteiger partial charge is 0.472 e. The highest BCUT2D eigenvalue weighted by Crippen LogP contribution is 2.45. The smallest absolute Gasteiger partial charge is 0.462 e. The van der Waals surface area contributed by atoms with Crippen LogP contribution in [0.5, 0.6) is 0 Å². The van der Waals surface area contributed by atoms with Crippen molar-refractivity contribution in [2.24, 2.45) is 23.7 Å². The second kappa shape index (κ2) is 55.2. The summed E-state index contributed by atoms with van der Waals surface area (Å²) in [7, 11) is -9.89. The van der Waals surface area contributed by atoms with Crippen molar-refractivity contribution in [3.05, 3.63) is 0 Å². The van der Waals surface area contributed by atoms with Gasteiger partial charge in [-0.3, -0.25) is 37.3 Å². The van der Waals surface area contributed by atoms with Crippen LogP contribution in [0.1, 0.15) is 312 Å². The molecule has 3 N–H and O–H groups in total. The van der Waals surface area contributed by atoms with Gasteiger partial charge in [-0.1, -0.05) is 261 Å². The lowest BCUT2D eigenvalue weighted by Gasteiger charge is -2.21. The maximum Gasteiger partial charge on any atom is 0.472 e. The topological polar surface area (TPSA) is 237 Å². The fourth-order valence-corrected chi connectivity index (χ4v) is 11.2. The zero-order valence-electron chi connectivity index (χ0n) is 54.5. The molecule has 0 saturated heterocycles. The normalized spacial score (nSPS) is 14.7. The Morgan fingerprint density at radius 2 is 0.571 bits per heavy atom. The van der Waals surface area contributed by atoms with Gasteiger partial charge < -0.3 is 33.8 Å². The first-order chi connectivity index (χ1) is 40.1. The average molecular weight is 1240 g/mol. The average Bonchev–Trinajstić information content (AvgIpc) is 3.58. The molecular formula is C65H126O17P2. The van der Waals surface area contributed by atoms with Crippen molar-refractivity contribution in [1.82, 2.24) is 0 Å². The first-order valence-electron chi connectivity index (χ1n) is 33.7. The molecule has 6 atom stereocenters. The van der Waals surface area contributed by atoms with Crippen molar-refractivity contribution < 1.29 is 80.2 Å². The zero-order valence-corrected chi connectivity index (χ0v) is 56.3. The van der Waals surface area contributed by atoms with Crippen molar-refractivity contribution in [3.63, 3.8) is 0 Å². The Morgan fingerprint density at radius 3 is 0.845 bits per heavy atom. The van der Waals surface area contributed by atoms with Crippen molar-refractivity contribution in [2.75, 3.05) is 39.6 Å². The summed E-state index contributed by atoms with van der Waals surface area (Å²) in [5.41, 5.74) is 0. The highest BCUT2D eigenvalue weighted by atomic mass is 31.2. The Balaban J connectivity index is 5.22. The van der Waals surface area contributed by atoms with Gasteiger partial charge in [0, 0.05) is 25.7 Å². The Labute approximate surface area is 511 Å². The van der Waals surface area contributed by atoms with Gasteiger partial charge in [0.15, 0.2) is 12.2 Å². The van der Waals surface area contributed by atoms with Crippen molar-refractivity contribution in [2.45, 2.75) is 331 Å². The molecule has 0 aliphatic carbocycles. The summed E-state index contributed by atoms with van der Waals surface area (Å²) in [4.78, 5) is 72.2. The van der Waals surface area contributed by atoms with Crippen molar-refractivity contribution in [3.8, 4) is 0 Å². The van der Waals surface area contributed by atoms with Crippen LogP contribution in [0.4, 0.5) is 0 Å². The van der Waals surface area contributed by atoms with Gasteiger partial charge in [0.25, 0.3) is 0 Å². The molecule has 3 unspecified atom stereocenters. The maximum atomic E-state index is 13.0. The summed E-state index contributed by atoms with van der Waals surface area (Å²) in [5.74, 6) is 0.746. The number of phosphoric ester groups is 2. The molecule has 498 valence electrons. The van der Waals surface area contributed by atoms with E-state index in [1.807, 2.05) is 0 Å². The molecule has 0 aromatic rings. The van der Waals surface area contributed by atoms with Gasteiger partial charge >= 0.3 is 39.5 Å². The van der Waals surface area contributed by atoms with Crippen LogP contribution in [0.15, 0.2) is 0 Å². The Bertz CT molecular complexity index is 1680.